The molecule has 4 aromatic carbocycles. The molecule has 8 rings (SSSR count). The van der Waals surface area contributed by atoms with Crippen LogP contribution in [0.2, 0.25) is 0 Å². The lowest BCUT2D eigenvalue weighted by molar-refractivity contribution is 0.0595. The van der Waals surface area contributed by atoms with Crippen LogP contribution in [0.3, 0.4) is 0 Å². The Balaban J connectivity index is 0.000000198. The fraction of sp³-hybridized carbons (Fsp3) is 0.163. The molecule has 17 nitrogen and oxygen atoms in total. The van der Waals surface area contributed by atoms with Crippen molar-refractivity contribution in [1.82, 2.24) is 46.0 Å². The van der Waals surface area contributed by atoms with Gasteiger partial charge in [-0.15, -0.1) is 0 Å². The van der Waals surface area contributed by atoms with Crippen LogP contribution in [0, 0.1) is 37.5 Å². The van der Waals surface area contributed by atoms with Crippen molar-refractivity contribution >= 4 is 33.7 Å². The number of aryl methyl sites for hydroxylation is 2. The van der Waals surface area contributed by atoms with E-state index in [1.807, 2.05) is 72.8 Å². The summed E-state index contributed by atoms with van der Waals surface area (Å²) < 4.78 is 18.0. The van der Waals surface area contributed by atoms with E-state index in [-0.39, 0.29) is 29.2 Å². The SMILES string of the molecule is COC(=O)c1nn(-c2cccc(C#C[C@@](C)(O)c3noc(C)n3)c2)c2ccccc12.Cc1nc([C@](C)(O)C#Cc2cccc(-n3nc(C(N)=O)c4ccccc43)c2)no1.N. The summed E-state index contributed by atoms with van der Waals surface area (Å²) in [7, 11) is 1.32. The molecule has 0 saturated carbocycles. The zero-order valence-electron chi connectivity index (χ0n) is 33.0. The van der Waals surface area contributed by atoms with Crippen LogP contribution in [0.1, 0.15) is 69.4 Å². The molecule has 4 heterocycles. The molecule has 2 atom stereocenters. The highest BCUT2D eigenvalue weighted by molar-refractivity contribution is 6.04. The third-order valence-electron chi connectivity index (χ3n) is 8.79. The molecule has 17 heteroatoms. The zero-order valence-corrected chi connectivity index (χ0v) is 33.0. The number of methoxy groups -OCH3 is 1. The van der Waals surface area contributed by atoms with Gasteiger partial charge in [-0.25, -0.2) is 14.2 Å². The number of aliphatic hydroxyl groups is 2. The minimum atomic E-state index is -1.57. The Morgan fingerprint density at radius 2 is 1.12 bits per heavy atom. The minimum absolute atomic E-state index is 0. The minimum Gasteiger partial charge on any atom is -0.464 e. The van der Waals surface area contributed by atoms with E-state index in [4.69, 9.17) is 19.5 Å². The van der Waals surface area contributed by atoms with Crippen LogP contribution in [0.25, 0.3) is 33.2 Å². The predicted molar refractivity (Wildman–Crippen MR) is 218 cm³/mol. The van der Waals surface area contributed by atoms with Crippen LogP contribution in [-0.4, -0.2) is 69.0 Å². The third-order valence-corrected chi connectivity index (χ3v) is 8.79. The number of rotatable bonds is 6. The average Bonchev–Trinajstić information content (AvgIpc) is 4.05. The van der Waals surface area contributed by atoms with Crippen molar-refractivity contribution in [3.8, 4) is 35.1 Å². The van der Waals surface area contributed by atoms with Crippen molar-refractivity contribution in [1.29, 1.82) is 0 Å². The van der Waals surface area contributed by atoms with Gasteiger partial charge in [-0.05, 0) is 62.4 Å². The molecular weight excluding hydrogens is 769 g/mol. The Bertz CT molecular complexity index is 3010. The molecule has 0 aliphatic heterocycles. The molecule has 302 valence electrons. The number of amides is 1. The van der Waals surface area contributed by atoms with Gasteiger partial charge >= 0.3 is 5.97 Å². The van der Waals surface area contributed by atoms with Crippen molar-refractivity contribution in [2.75, 3.05) is 7.11 Å². The summed E-state index contributed by atoms with van der Waals surface area (Å²) in [6.45, 7) is 6.27. The number of primary amides is 1. The molecule has 0 radical (unpaired) electrons. The van der Waals surface area contributed by atoms with Crippen molar-refractivity contribution in [3.05, 3.63) is 143 Å². The highest BCUT2D eigenvalue weighted by atomic mass is 16.5. The van der Waals surface area contributed by atoms with E-state index in [1.165, 1.54) is 21.0 Å². The van der Waals surface area contributed by atoms with Crippen LogP contribution in [-0.2, 0) is 15.9 Å². The number of esters is 1. The molecule has 8 aromatic rings. The first kappa shape index (κ1) is 41.7. The van der Waals surface area contributed by atoms with Gasteiger partial charge in [-0.1, -0.05) is 82.5 Å². The van der Waals surface area contributed by atoms with Gasteiger partial charge in [-0.2, -0.15) is 20.2 Å². The van der Waals surface area contributed by atoms with Gasteiger partial charge in [0.25, 0.3) is 5.91 Å². The molecule has 7 N–H and O–H groups in total. The number of ether oxygens (including phenoxy) is 1. The van der Waals surface area contributed by atoms with Crippen molar-refractivity contribution < 1.29 is 33.6 Å². The molecule has 0 aliphatic carbocycles. The number of hydrogen-bond donors (Lipinski definition) is 4. The molecule has 0 saturated heterocycles. The topological polar surface area (TPSA) is 258 Å². The van der Waals surface area contributed by atoms with Crippen LogP contribution in [0.15, 0.2) is 106 Å². The first-order valence-corrected chi connectivity index (χ1v) is 17.9. The summed E-state index contributed by atoms with van der Waals surface area (Å²) in [6.07, 6.45) is 0. The lowest BCUT2D eigenvalue weighted by Gasteiger charge is -2.10. The monoisotopic (exact) mass is 806 g/mol. The quantitative estimate of drug-likeness (QED) is 0.127. The van der Waals surface area contributed by atoms with Crippen molar-refractivity contribution in [2.24, 2.45) is 5.73 Å². The molecule has 0 aliphatic rings. The normalized spacial score (nSPS) is 12.7. The van der Waals surface area contributed by atoms with Crippen LogP contribution >= 0.6 is 0 Å². The van der Waals surface area contributed by atoms with E-state index in [2.05, 4.69) is 54.2 Å². The summed E-state index contributed by atoms with van der Waals surface area (Å²) in [5, 5.41) is 38.7. The lowest BCUT2D eigenvalue weighted by atomic mass is 10.1. The summed E-state index contributed by atoms with van der Waals surface area (Å²) in [5.74, 6) is 11.2. The second-order valence-electron chi connectivity index (χ2n) is 13.4. The Morgan fingerprint density at radius 1 is 0.683 bits per heavy atom. The highest BCUT2D eigenvalue weighted by Crippen LogP contribution is 2.25. The molecule has 0 spiro atoms. The molecule has 60 heavy (non-hydrogen) atoms. The summed E-state index contributed by atoms with van der Waals surface area (Å²) in [4.78, 5) is 31.9. The summed E-state index contributed by atoms with van der Waals surface area (Å²) in [6, 6.07) is 29.3. The number of para-hydroxylation sites is 2. The number of nitrogens with zero attached hydrogens (tertiary/aromatic N) is 8. The number of carbonyl (C=O) groups excluding carboxylic acids is 2. The maximum Gasteiger partial charge on any atom is 0.359 e. The van der Waals surface area contributed by atoms with Gasteiger partial charge in [0, 0.05) is 35.7 Å². The van der Waals surface area contributed by atoms with Gasteiger partial charge in [0.05, 0.1) is 29.5 Å². The second-order valence-corrected chi connectivity index (χ2v) is 13.4. The number of hydrogen-bond acceptors (Lipinski definition) is 14. The first-order valence-electron chi connectivity index (χ1n) is 17.9. The molecule has 4 aromatic heterocycles. The summed E-state index contributed by atoms with van der Waals surface area (Å²) >= 11 is 0. The average molecular weight is 807 g/mol. The highest BCUT2D eigenvalue weighted by Gasteiger charge is 2.27. The Morgan fingerprint density at radius 3 is 1.53 bits per heavy atom. The Labute approximate surface area is 342 Å². The first-order chi connectivity index (χ1) is 28.2. The molecule has 0 unspecified atom stereocenters. The number of aromatic nitrogens is 8. The van der Waals surface area contributed by atoms with Crippen molar-refractivity contribution in [3.63, 3.8) is 0 Å². The number of nitrogens with two attached hydrogens (primary N) is 1. The van der Waals surface area contributed by atoms with E-state index < -0.39 is 23.1 Å². The van der Waals surface area contributed by atoms with E-state index in [1.54, 1.807) is 47.5 Å². The molecule has 0 bridgehead atoms. The van der Waals surface area contributed by atoms with Gasteiger partial charge in [0.1, 0.15) is 0 Å². The summed E-state index contributed by atoms with van der Waals surface area (Å²) in [5.41, 5.74) is 6.99. The zero-order chi connectivity index (χ0) is 41.9. The molecule has 0 fully saturated rings. The van der Waals surface area contributed by atoms with Crippen LogP contribution in [0.4, 0.5) is 0 Å². The van der Waals surface area contributed by atoms with Gasteiger partial charge in [0.15, 0.2) is 22.6 Å². The second kappa shape index (κ2) is 16.9. The van der Waals surface area contributed by atoms with Crippen LogP contribution < -0.4 is 11.9 Å². The van der Waals surface area contributed by atoms with Crippen LogP contribution in [0.5, 0.6) is 0 Å². The van der Waals surface area contributed by atoms with E-state index in [0.717, 1.165) is 11.0 Å². The maximum absolute atomic E-state index is 12.1. The Kier molecular flexibility index (Phi) is 11.7. The number of carbonyl (C=O) groups is 2. The fourth-order valence-corrected chi connectivity index (χ4v) is 5.88. The van der Waals surface area contributed by atoms with E-state index >= 15 is 0 Å². The molecular formula is C43H38N10O7. The smallest absolute Gasteiger partial charge is 0.359 e. The fourth-order valence-electron chi connectivity index (χ4n) is 5.88. The van der Waals surface area contributed by atoms with E-state index in [0.29, 0.717) is 45.1 Å². The lowest BCUT2D eigenvalue weighted by Crippen LogP contribution is -2.20. The van der Waals surface area contributed by atoms with Crippen molar-refractivity contribution in [2.45, 2.75) is 38.9 Å². The van der Waals surface area contributed by atoms with Gasteiger partial charge in [-0.3, -0.25) is 4.79 Å². The Hall–Kier alpha value is -7.96. The third kappa shape index (κ3) is 8.64. The largest absolute Gasteiger partial charge is 0.464 e. The maximum atomic E-state index is 12.1. The number of benzene rings is 4. The van der Waals surface area contributed by atoms with E-state index in [9.17, 15) is 19.8 Å². The van der Waals surface area contributed by atoms with Gasteiger partial charge < -0.3 is 35.9 Å². The predicted octanol–water partition coefficient (Wildman–Crippen LogP) is 5.00. The standard InChI is InChI=1S/C22H18N4O4.C21H17N5O3.H3N/c1-14-23-21(25-30-14)22(2,28)12-11-15-7-6-8-16(13-15)26-18-10-5-4-9-17(18)19(24-26)20(27)29-3;1-13-23-20(25-29-13)21(2,28)11-10-14-6-5-7-15(12-14)26-17-9-4-3-8-16(17)18(24-26)19(22)27;/h4-10,13,28H,1-3H3;3-9,12,28H,1-2H3,(H2,22,27);1H3/t22-;21-;/m11./s1. The van der Waals surface area contributed by atoms with Gasteiger partial charge in [0.2, 0.25) is 23.4 Å². The number of fused-ring (bicyclic) bond motifs is 2. The molecule has 1 amide bonds.